The summed E-state index contributed by atoms with van der Waals surface area (Å²) in [6.07, 6.45) is 1.61. The topological polar surface area (TPSA) is 137 Å². The summed E-state index contributed by atoms with van der Waals surface area (Å²) >= 11 is 0. The minimum absolute atomic E-state index is 0.125. The number of nitrogens with zero attached hydrogens (tertiary/aromatic N) is 2. The van der Waals surface area contributed by atoms with Gasteiger partial charge in [0.25, 0.3) is 11.5 Å². The summed E-state index contributed by atoms with van der Waals surface area (Å²) in [6, 6.07) is 9.13. The van der Waals surface area contributed by atoms with Crippen molar-refractivity contribution in [3.05, 3.63) is 56.7 Å². The average Bonchev–Trinajstić information content (AvgIpc) is 2.80. The van der Waals surface area contributed by atoms with Gasteiger partial charge in [-0.2, -0.15) is 0 Å². The second kappa shape index (κ2) is 10.8. The lowest BCUT2D eigenvalue weighted by molar-refractivity contribution is -0.154. The quantitative estimate of drug-likeness (QED) is 0.577. The lowest BCUT2D eigenvalue weighted by atomic mass is 10.0. The van der Waals surface area contributed by atoms with Crippen LogP contribution in [0.5, 0.6) is 0 Å². The Hall–Kier alpha value is -3.40. The molecule has 0 bridgehead atoms. The molecular formula is C22H28N4O6. The molecular weight excluding hydrogens is 416 g/mol. The van der Waals surface area contributed by atoms with Gasteiger partial charge in [-0.15, -0.1) is 0 Å². The van der Waals surface area contributed by atoms with E-state index >= 15 is 0 Å². The van der Waals surface area contributed by atoms with Gasteiger partial charge in [0, 0.05) is 19.8 Å². The highest BCUT2D eigenvalue weighted by Gasteiger charge is 2.27. The van der Waals surface area contributed by atoms with Crippen molar-refractivity contribution in [2.75, 3.05) is 37.0 Å². The molecule has 0 atom stereocenters. The van der Waals surface area contributed by atoms with Crippen LogP contribution in [-0.4, -0.2) is 47.8 Å². The third-order valence-electron chi connectivity index (χ3n) is 5.31. The van der Waals surface area contributed by atoms with Crippen molar-refractivity contribution in [2.24, 2.45) is 5.92 Å². The maximum absolute atomic E-state index is 12.9. The number of carbonyl (C=O) groups excluding carboxylic acids is 2. The summed E-state index contributed by atoms with van der Waals surface area (Å²) < 4.78 is 11.6. The molecule has 0 aliphatic carbocycles. The SMILES string of the molecule is CCCN(C(=O)COC(=O)C1CCOCC1)c1c(N)n(Cc2ccccc2)c(=O)[nH]c1=O. The number of esters is 1. The van der Waals surface area contributed by atoms with Crippen LogP contribution in [0.2, 0.25) is 0 Å². The number of nitrogens with one attached hydrogen (secondary N) is 1. The summed E-state index contributed by atoms with van der Waals surface area (Å²) in [7, 11) is 0. The van der Waals surface area contributed by atoms with E-state index in [2.05, 4.69) is 4.98 Å². The Kier molecular flexibility index (Phi) is 7.82. The number of aromatic amines is 1. The lowest BCUT2D eigenvalue weighted by Gasteiger charge is -2.25. The lowest BCUT2D eigenvalue weighted by Crippen LogP contribution is -2.43. The fourth-order valence-electron chi connectivity index (χ4n) is 3.61. The van der Waals surface area contributed by atoms with E-state index in [0.29, 0.717) is 32.5 Å². The Morgan fingerprint density at radius 1 is 1.22 bits per heavy atom. The number of hydrogen-bond acceptors (Lipinski definition) is 7. The molecule has 1 aliphatic rings. The van der Waals surface area contributed by atoms with Gasteiger partial charge >= 0.3 is 11.7 Å². The first-order chi connectivity index (χ1) is 15.4. The molecule has 1 saturated heterocycles. The largest absolute Gasteiger partial charge is 0.455 e. The number of anilines is 2. The maximum Gasteiger partial charge on any atom is 0.330 e. The van der Waals surface area contributed by atoms with Crippen LogP contribution in [-0.2, 0) is 25.6 Å². The van der Waals surface area contributed by atoms with Crippen molar-refractivity contribution < 1.29 is 19.1 Å². The van der Waals surface area contributed by atoms with Gasteiger partial charge in [-0.3, -0.25) is 23.9 Å². The number of aromatic nitrogens is 2. The Bertz CT molecular complexity index is 1060. The van der Waals surface area contributed by atoms with Crippen molar-refractivity contribution in [1.29, 1.82) is 0 Å². The zero-order valence-corrected chi connectivity index (χ0v) is 18.0. The highest BCUT2D eigenvalue weighted by atomic mass is 16.5. The highest BCUT2D eigenvalue weighted by molar-refractivity contribution is 5.97. The molecule has 1 aromatic heterocycles. The van der Waals surface area contributed by atoms with Gasteiger partial charge in [0.2, 0.25) is 0 Å². The number of nitrogen functional groups attached to an aromatic ring is 1. The Morgan fingerprint density at radius 3 is 2.56 bits per heavy atom. The predicted molar refractivity (Wildman–Crippen MR) is 118 cm³/mol. The number of carbonyl (C=O) groups is 2. The first kappa shape index (κ1) is 23.3. The van der Waals surface area contributed by atoms with E-state index in [9.17, 15) is 19.2 Å². The van der Waals surface area contributed by atoms with Gasteiger partial charge in [0.05, 0.1) is 12.5 Å². The zero-order chi connectivity index (χ0) is 23.1. The summed E-state index contributed by atoms with van der Waals surface area (Å²) in [5.74, 6) is -1.49. The third-order valence-corrected chi connectivity index (χ3v) is 5.31. The van der Waals surface area contributed by atoms with Gasteiger partial charge in [0.15, 0.2) is 12.3 Å². The second-order valence-corrected chi connectivity index (χ2v) is 7.60. The predicted octanol–water partition coefficient (Wildman–Crippen LogP) is 0.880. The van der Waals surface area contributed by atoms with Gasteiger partial charge in [0.1, 0.15) is 5.82 Å². The van der Waals surface area contributed by atoms with Crippen molar-refractivity contribution in [3.63, 3.8) is 0 Å². The minimum Gasteiger partial charge on any atom is -0.455 e. The Morgan fingerprint density at radius 2 is 1.91 bits per heavy atom. The van der Waals surface area contributed by atoms with Gasteiger partial charge in [-0.1, -0.05) is 37.3 Å². The standard InChI is InChI=1S/C22H28N4O6/c1-2-10-25(17(27)14-32-21(29)16-8-11-31-12-9-16)18-19(23)26(22(30)24-20(18)28)13-15-6-4-3-5-7-15/h3-7,16H,2,8-14,23H2,1H3,(H,24,28,30). The van der Waals surface area contributed by atoms with Crippen LogP contribution >= 0.6 is 0 Å². The van der Waals surface area contributed by atoms with E-state index in [-0.39, 0.29) is 30.5 Å². The molecule has 1 fully saturated rings. The minimum atomic E-state index is -0.769. The van der Waals surface area contributed by atoms with Crippen LogP contribution in [0.3, 0.4) is 0 Å². The maximum atomic E-state index is 12.9. The summed E-state index contributed by atoms with van der Waals surface area (Å²) in [5, 5.41) is 0. The van der Waals surface area contributed by atoms with Crippen molar-refractivity contribution in [2.45, 2.75) is 32.7 Å². The van der Waals surface area contributed by atoms with Gasteiger partial charge < -0.3 is 20.1 Å². The molecule has 0 saturated carbocycles. The molecule has 3 N–H and O–H groups in total. The molecule has 0 unspecified atom stereocenters. The van der Waals surface area contributed by atoms with Crippen LogP contribution in [0.1, 0.15) is 31.7 Å². The number of H-pyrrole nitrogens is 1. The third kappa shape index (κ3) is 5.44. The molecule has 1 aromatic carbocycles. The van der Waals surface area contributed by atoms with E-state index in [1.807, 2.05) is 37.3 Å². The van der Waals surface area contributed by atoms with Crippen molar-refractivity contribution >= 4 is 23.4 Å². The molecule has 3 rings (SSSR count). The van der Waals surface area contributed by atoms with Crippen LogP contribution < -0.4 is 21.9 Å². The normalized spacial score (nSPS) is 14.2. The van der Waals surface area contributed by atoms with Crippen LogP contribution in [0.15, 0.2) is 39.9 Å². The number of nitrogens with two attached hydrogens (primary N) is 1. The van der Waals surface area contributed by atoms with E-state index in [0.717, 1.165) is 5.56 Å². The number of benzene rings is 1. The first-order valence-corrected chi connectivity index (χ1v) is 10.6. The molecule has 10 nitrogen and oxygen atoms in total. The fourth-order valence-corrected chi connectivity index (χ4v) is 3.61. The molecule has 2 heterocycles. The van der Waals surface area contributed by atoms with E-state index in [1.165, 1.54) is 9.47 Å². The highest BCUT2D eigenvalue weighted by Crippen LogP contribution is 2.20. The monoisotopic (exact) mass is 444 g/mol. The molecule has 1 aliphatic heterocycles. The van der Waals surface area contributed by atoms with Crippen LogP contribution in [0, 0.1) is 5.92 Å². The summed E-state index contributed by atoms with van der Waals surface area (Å²) in [6.45, 7) is 2.56. The molecule has 32 heavy (non-hydrogen) atoms. The number of hydrogen-bond donors (Lipinski definition) is 2. The Labute approximate surface area is 184 Å². The number of amides is 1. The molecule has 0 radical (unpaired) electrons. The summed E-state index contributed by atoms with van der Waals surface area (Å²) in [4.78, 5) is 53.6. The van der Waals surface area contributed by atoms with Crippen molar-refractivity contribution in [1.82, 2.24) is 9.55 Å². The molecule has 2 aromatic rings. The number of ether oxygens (including phenoxy) is 2. The molecule has 172 valence electrons. The summed E-state index contributed by atoms with van der Waals surface area (Å²) in [5.41, 5.74) is 5.44. The fraction of sp³-hybridized carbons (Fsp3) is 0.455. The van der Waals surface area contributed by atoms with E-state index in [1.54, 1.807) is 0 Å². The smallest absolute Gasteiger partial charge is 0.330 e. The molecule has 10 heteroatoms. The Balaban J connectivity index is 1.83. The van der Waals surface area contributed by atoms with Gasteiger partial charge in [-0.05, 0) is 24.8 Å². The molecule has 0 spiro atoms. The average molecular weight is 444 g/mol. The second-order valence-electron chi connectivity index (χ2n) is 7.60. The number of rotatable bonds is 8. The van der Waals surface area contributed by atoms with Gasteiger partial charge in [-0.25, -0.2) is 4.79 Å². The van der Waals surface area contributed by atoms with E-state index < -0.39 is 29.7 Å². The molecule has 1 amide bonds. The first-order valence-electron chi connectivity index (χ1n) is 10.6. The van der Waals surface area contributed by atoms with Crippen molar-refractivity contribution in [3.8, 4) is 0 Å². The van der Waals surface area contributed by atoms with E-state index in [4.69, 9.17) is 15.2 Å². The zero-order valence-electron chi connectivity index (χ0n) is 18.0. The van der Waals surface area contributed by atoms with Crippen LogP contribution in [0.4, 0.5) is 11.5 Å². The van der Waals surface area contributed by atoms with Crippen LogP contribution in [0.25, 0.3) is 0 Å².